The lowest BCUT2D eigenvalue weighted by Crippen LogP contribution is -2.44. The van der Waals surface area contributed by atoms with Crippen LogP contribution in [0.25, 0.3) is 0 Å². The van der Waals surface area contributed by atoms with E-state index in [1.807, 2.05) is 0 Å². The van der Waals surface area contributed by atoms with Crippen molar-refractivity contribution in [3.05, 3.63) is 20.2 Å². The Hall–Kier alpha value is -1.31. The van der Waals surface area contributed by atoms with Crippen molar-refractivity contribution in [2.24, 2.45) is 11.8 Å². The standard InChI is InChI=1S/C13H18ClFN2O5/c14-9-3-1-7(5-11(9)16(19)20)13(18)8-2-4-10(15)12(6-8)17(21)22/h7-12H,1-6H2. The molecule has 0 amide bonds. The first-order valence-corrected chi connectivity index (χ1v) is 7.83. The summed E-state index contributed by atoms with van der Waals surface area (Å²) in [6.45, 7) is 0. The van der Waals surface area contributed by atoms with E-state index in [0.717, 1.165) is 0 Å². The molecule has 0 aromatic rings. The number of hydrogen-bond donors (Lipinski definition) is 0. The number of Topliss-reactive ketones (excluding diaryl/α,β-unsaturated/α-hetero) is 1. The highest BCUT2D eigenvalue weighted by atomic mass is 35.5. The summed E-state index contributed by atoms with van der Waals surface area (Å²) in [4.78, 5) is 33.2. The number of hydrogen-bond acceptors (Lipinski definition) is 5. The highest BCUT2D eigenvalue weighted by Crippen LogP contribution is 2.36. The van der Waals surface area contributed by atoms with Crippen molar-refractivity contribution in [1.82, 2.24) is 0 Å². The summed E-state index contributed by atoms with van der Waals surface area (Å²) in [7, 11) is 0. The van der Waals surface area contributed by atoms with Crippen LogP contribution in [0.2, 0.25) is 0 Å². The van der Waals surface area contributed by atoms with Crippen molar-refractivity contribution in [2.75, 3.05) is 0 Å². The van der Waals surface area contributed by atoms with Crippen LogP contribution in [-0.4, -0.2) is 39.3 Å². The van der Waals surface area contributed by atoms with Crippen LogP contribution >= 0.6 is 11.6 Å². The maximum Gasteiger partial charge on any atom is 0.244 e. The lowest BCUT2D eigenvalue weighted by molar-refractivity contribution is -0.535. The van der Waals surface area contributed by atoms with Crippen LogP contribution in [0.1, 0.15) is 38.5 Å². The third-order valence-corrected chi connectivity index (χ3v) is 5.32. The minimum absolute atomic E-state index is 0.00836. The Morgan fingerprint density at radius 2 is 1.45 bits per heavy atom. The molecule has 0 bridgehead atoms. The molecule has 6 unspecified atom stereocenters. The minimum atomic E-state index is -1.52. The largest absolute Gasteiger partial charge is 0.299 e. The second-order valence-electron chi connectivity index (χ2n) is 6.16. The normalized spacial score (nSPS) is 39.2. The Morgan fingerprint density at radius 3 is 2.00 bits per heavy atom. The quantitative estimate of drug-likeness (QED) is 0.445. The van der Waals surface area contributed by atoms with Gasteiger partial charge < -0.3 is 0 Å². The molecule has 0 saturated heterocycles. The predicted molar refractivity (Wildman–Crippen MR) is 75.8 cm³/mol. The third kappa shape index (κ3) is 3.53. The first-order valence-electron chi connectivity index (χ1n) is 7.40. The fourth-order valence-corrected chi connectivity index (χ4v) is 3.83. The maximum atomic E-state index is 13.5. The van der Waals surface area contributed by atoms with Gasteiger partial charge >= 0.3 is 0 Å². The van der Waals surface area contributed by atoms with Crippen molar-refractivity contribution in [3.8, 4) is 0 Å². The monoisotopic (exact) mass is 336 g/mol. The summed E-state index contributed by atoms with van der Waals surface area (Å²) in [5, 5.41) is 21.2. The van der Waals surface area contributed by atoms with Crippen molar-refractivity contribution in [3.63, 3.8) is 0 Å². The van der Waals surface area contributed by atoms with Crippen molar-refractivity contribution < 1.29 is 19.0 Å². The molecule has 2 fully saturated rings. The second-order valence-corrected chi connectivity index (χ2v) is 6.72. The maximum absolute atomic E-state index is 13.5. The molecule has 6 atom stereocenters. The summed E-state index contributed by atoms with van der Waals surface area (Å²) >= 11 is 5.93. The van der Waals surface area contributed by atoms with Crippen molar-refractivity contribution in [2.45, 2.75) is 62.2 Å². The minimum Gasteiger partial charge on any atom is -0.299 e. The first-order chi connectivity index (χ1) is 10.3. The van der Waals surface area contributed by atoms with Gasteiger partial charge in [-0.1, -0.05) is 0 Å². The van der Waals surface area contributed by atoms with Crippen LogP contribution in [0.5, 0.6) is 0 Å². The highest BCUT2D eigenvalue weighted by Gasteiger charge is 2.45. The van der Waals surface area contributed by atoms with E-state index < -0.39 is 45.3 Å². The van der Waals surface area contributed by atoms with Gasteiger partial charge in [-0.15, -0.1) is 11.6 Å². The fraction of sp³-hybridized carbons (Fsp3) is 0.923. The van der Waals surface area contributed by atoms with Crippen LogP contribution in [0.4, 0.5) is 4.39 Å². The predicted octanol–water partition coefficient (Wildman–Crippen LogP) is 2.39. The van der Waals surface area contributed by atoms with Gasteiger partial charge in [-0.3, -0.25) is 25.0 Å². The van der Waals surface area contributed by atoms with E-state index in [4.69, 9.17) is 11.6 Å². The Bertz CT molecular complexity index is 437. The van der Waals surface area contributed by atoms with Crippen LogP contribution in [0, 0.1) is 32.1 Å². The Morgan fingerprint density at radius 1 is 0.955 bits per heavy atom. The Labute approximate surface area is 131 Å². The van der Waals surface area contributed by atoms with E-state index >= 15 is 0 Å². The molecular formula is C13H18ClFN2O5. The smallest absolute Gasteiger partial charge is 0.244 e. The number of halogens is 2. The van der Waals surface area contributed by atoms with Crippen molar-refractivity contribution in [1.29, 1.82) is 0 Å². The van der Waals surface area contributed by atoms with E-state index in [1.54, 1.807) is 0 Å². The molecule has 124 valence electrons. The Kier molecular flexibility index (Phi) is 5.31. The molecule has 2 saturated carbocycles. The highest BCUT2D eigenvalue weighted by molar-refractivity contribution is 6.21. The summed E-state index contributed by atoms with van der Waals surface area (Å²) in [6.07, 6.45) is -0.476. The number of ketones is 1. The SMILES string of the molecule is O=C(C1CCC(F)C([N+](=O)[O-])C1)C1CCC(Cl)C([N+](=O)[O-])C1. The second kappa shape index (κ2) is 6.85. The van der Waals surface area contributed by atoms with Crippen LogP contribution in [0.3, 0.4) is 0 Å². The van der Waals surface area contributed by atoms with Gasteiger partial charge in [0.25, 0.3) is 0 Å². The summed E-state index contributed by atoms with van der Waals surface area (Å²) in [6, 6.07) is -2.31. The van der Waals surface area contributed by atoms with Gasteiger partial charge in [0.05, 0.1) is 0 Å². The zero-order valence-corrected chi connectivity index (χ0v) is 12.7. The van der Waals surface area contributed by atoms with Crippen LogP contribution in [-0.2, 0) is 4.79 Å². The average molecular weight is 337 g/mol. The van der Waals surface area contributed by atoms with E-state index in [0.29, 0.717) is 12.8 Å². The number of carbonyl (C=O) groups is 1. The molecule has 0 radical (unpaired) electrons. The zero-order valence-electron chi connectivity index (χ0n) is 11.9. The molecular weight excluding hydrogens is 319 g/mol. The lowest BCUT2D eigenvalue weighted by Gasteiger charge is -2.32. The van der Waals surface area contributed by atoms with Gasteiger partial charge in [-0.05, 0) is 25.7 Å². The molecule has 0 aromatic heterocycles. The van der Waals surface area contributed by atoms with Gasteiger partial charge in [-0.25, -0.2) is 4.39 Å². The Balaban J connectivity index is 2.02. The van der Waals surface area contributed by atoms with Gasteiger partial charge in [0, 0.05) is 34.5 Å². The van der Waals surface area contributed by atoms with E-state index in [2.05, 4.69) is 0 Å². The van der Waals surface area contributed by atoms with Gasteiger partial charge in [0.2, 0.25) is 12.1 Å². The lowest BCUT2D eigenvalue weighted by atomic mass is 9.74. The number of nitrogens with zero attached hydrogens (tertiary/aromatic N) is 2. The molecule has 2 aliphatic rings. The number of rotatable bonds is 4. The fourth-order valence-electron chi connectivity index (χ4n) is 3.51. The van der Waals surface area contributed by atoms with Gasteiger partial charge in [0.1, 0.15) is 11.2 Å². The number of alkyl halides is 2. The first kappa shape index (κ1) is 17.1. The van der Waals surface area contributed by atoms with Gasteiger partial charge in [0.15, 0.2) is 6.17 Å². The van der Waals surface area contributed by atoms with E-state index in [-0.39, 0.29) is 31.5 Å². The van der Waals surface area contributed by atoms with Crippen molar-refractivity contribution >= 4 is 17.4 Å². The summed E-state index contributed by atoms with van der Waals surface area (Å²) < 4.78 is 13.5. The summed E-state index contributed by atoms with van der Waals surface area (Å²) in [5.74, 6) is -1.28. The molecule has 2 aliphatic carbocycles. The van der Waals surface area contributed by atoms with Crippen LogP contribution in [0.15, 0.2) is 0 Å². The molecule has 0 aliphatic heterocycles. The topological polar surface area (TPSA) is 103 Å². The molecule has 2 rings (SSSR count). The van der Waals surface area contributed by atoms with E-state index in [1.165, 1.54) is 0 Å². The molecule has 22 heavy (non-hydrogen) atoms. The molecule has 0 heterocycles. The van der Waals surface area contributed by atoms with Gasteiger partial charge in [-0.2, -0.15) is 0 Å². The number of nitro groups is 2. The molecule has 0 spiro atoms. The van der Waals surface area contributed by atoms with Crippen LogP contribution < -0.4 is 0 Å². The molecule has 7 nitrogen and oxygen atoms in total. The third-order valence-electron chi connectivity index (χ3n) is 4.82. The average Bonchev–Trinajstić information content (AvgIpc) is 2.47. The summed E-state index contributed by atoms with van der Waals surface area (Å²) in [5.41, 5.74) is 0. The molecule has 0 aromatic carbocycles. The van der Waals surface area contributed by atoms with E-state index in [9.17, 15) is 29.4 Å². The number of carbonyl (C=O) groups excluding carboxylic acids is 1. The zero-order chi connectivity index (χ0) is 16.4. The molecule has 9 heteroatoms. The molecule has 0 N–H and O–H groups in total.